The number of carbonyl (C=O) groups excluding carboxylic acids is 1. The maximum atomic E-state index is 10.4. The van der Waals surface area contributed by atoms with Gasteiger partial charge < -0.3 is 10.5 Å². The molecule has 1 amide bonds. The van der Waals surface area contributed by atoms with Crippen LogP contribution in [0.15, 0.2) is 30.3 Å². The first kappa shape index (κ1) is 9.14. The molecule has 0 radical (unpaired) electrons. The lowest BCUT2D eigenvalue weighted by molar-refractivity contribution is 0.134. The van der Waals surface area contributed by atoms with Crippen LogP contribution in [0.5, 0.6) is 0 Å². The average molecular weight is 175 g/mol. The highest BCUT2D eigenvalue weighted by Gasteiger charge is 2.10. The highest BCUT2D eigenvalue weighted by molar-refractivity contribution is 5.65. The van der Waals surface area contributed by atoms with Crippen LogP contribution in [0.4, 0.5) is 4.79 Å². The normalized spacial score (nSPS) is 11.3. The maximum Gasteiger partial charge on any atom is 0.406 e. The molecule has 0 heterocycles. The second-order valence-corrected chi connectivity index (χ2v) is 2.39. The number of hydrogen-bond donors (Lipinski definition) is 1. The van der Waals surface area contributed by atoms with Crippen LogP contribution >= 0.6 is 0 Å². The number of rotatable bonds is 2. The van der Waals surface area contributed by atoms with Gasteiger partial charge in [0.1, 0.15) is 0 Å². The second-order valence-electron chi connectivity index (χ2n) is 2.39. The Morgan fingerprint density at radius 1 is 1.46 bits per heavy atom. The standard InChI is InChI=1S/C10H9NO2/c1-2-9(13-10(11)12)8-6-4-3-5-7-8/h1,3-7,9H,(H2,11,12)/t9-/m1/s1. The van der Waals surface area contributed by atoms with Crippen LogP contribution < -0.4 is 5.73 Å². The Kier molecular flexibility index (Phi) is 2.93. The van der Waals surface area contributed by atoms with E-state index in [1.54, 1.807) is 12.1 Å². The van der Waals surface area contributed by atoms with Crippen molar-refractivity contribution in [2.45, 2.75) is 6.10 Å². The molecule has 0 saturated carbocycles. The molecule has 3 nitrogen and oxygen atoms in total. The zero-order chi connectivity index (χ0) is 9.68. The summed E-state index contributed by atoms with van der Waals surface area (Å²) in [6.07, 6.45) is 3.61. The summed E-state index contributed by atoms with van der Waals surface area (Å²) in [6, 6.07) is 9.01. The molecule has 0 aliphatic heterocycles. The van der Waals surface area contributed by atoms with Gasteiger partial charge >= 0.3 is 6.09 Å². The zero-order valence-electron chi connectivity index (χ0n) is 6.94. The average Bonchev–Trinajstić information content (AvgIpc) is 2.15. The summed E-state index contributed by atoms with van der Waals surface area (Å²) in [5, 5.41) is 0. The fourth-order valence-electron chi connectivity index (χ4n) is 0.942. The molecule has 0 aliphatic carbocycles. The molecular weight excluding hydrogens is 166 g/mol. The Morgan fingerprint density at radius 3 is 2.54 bits per heavy atom. The third-order valence-electron chi connectivity index (χ3n) is 1.49. The van der Waals surface area contributed by atoms with Gasteiger partial charge in [0.15, 0.2) is 6.10 Å². The van der Waals surface area contributed by atoms with Gasteiger partial charge in [0.05, 0.1) is 0 Å². The fourth-order valence-corrected chi connectivity index (χ4v) is 0.942. The van der Waals surface area contributed by atoms with Crippen LogP contribution in [0, 0.1) is 12.3 Å². The van der Waals surface area contributed by atoms with Crippen molar-refractivity contribution in [1.29, 1.82) is 0 Å². The molecular formula is C10H9NO2. The molecule has 0 aliphatic rings. The van der Waals surface area contributed by atoms with Crippen LogP contribution in [-0.2, 0) is 4.74 Å². The first-order chi connectivity index (χ1) is 6.24. The smallest absolute Gasteiger partial charge is 0.406 e. The van der Waals surface area contributed by atoms with Crippen LogP contribution in [0.25, 0.3) is 0 Å². The van der Waals surface area contributed by atoms with E-state index in [0.29, 0.717) is 0 Å². The number of primary amides is 1. The Balaban J connectivity index is 2.80. The van der Waals surface area contributed by atoms with Gasteiger partial charge in [0, 0.05) is 5.56 Å². The number of ether oxygens (including phenoxy) is 1. The van der Waals surface area contributed by atoms with Crippen molar-refractivity contribution in [3.8, 4) is 12.3 Å². The fraction of sp³-hybridized carbons (Fsp3) is 0.100. The highest BCUT2D eigenvalue weighted by Crippen LogP contribution is 2.15. The van der Waals surface area contributed by atoms with E-state index in [4.69, 9.17) is 12.2 Å². The van der Waals surface area contributed by atoms with Gasteiger partial charge in [0.2, 0.25) is 0 Å². The van der Waals surface area contributed by atoms with Crippen molar-refractivity contribution < 1.29 is 9.53 Å². The van der Waals surface area contributed by atoms with Gasteiger partial charge in [-0.25, -0.2) is 4.79 Å². The van der Waals surface area contributed by atoms with E-state index >= 15 is 0 Å². The van der Waals surface area contributed by atoms with Gasteiger partial charge in [-0.2, -0.15) is 0 Å². The summed E-state index contributed by atoms with van der Waals surface area (Å²) >= 11 is 0. The monoisotopic (exact) mass is 175 g/mol. The summed E-state index contributed by atoms with van der Waals surface area (Å²) in [6.45, 7) is 0. The lowest BCUT2D eigenvalue weighted by Gasteiger charge is -2.09. The lowest BCUT2D eigenvalue weighted by atomic mass is 10.1. The van der Waals surface area contributed by atoms with Crippen molar-refractivity contribution in [2.75, 3.05) is 0 Å². The molecule has 0 saturated heterocycles. The van der Waals surface area contributed by atoms with E-state index in [1.165, 1.54) is 0 Å². The van der Waals surface area contributed by atoms with Gasteiger partial charge in [-0.1, -0.05) is 36.3 Å². The van der Waals surface area contributed by atoms with Gasteiger partial charge in [-0.05, 0) is 0 Å². The number of hydrogen-bond acceptors (Lipinski definition) is 2. The Morgan fingerprint density at radius 2 is 2.08 bits per heavy atom. The number of carbonyl (C=O) groups is 1. The summed E-state index contributed by atoms with van der Waals surface area (Å²) in [5.74, 6) is 2.33. The van der Waals surface area contributed by atoms with E-state index in [2.05, 4.69) is 10.7 Å². The molecule has 3 heteroatoms. The van der Waals surface area contributed by atoms with Crippen molar-refractivity contribution in [3.63, 3.8) is 0 Å². The Hall–Kier alpha value is -1.95. The zero-order valence-corrected chi connectivity index (χ0v) is 6.94. The SMILES string of the molecule is C#C[C@@H](OC(N)=O)c1ccccc1. The van der Waals surface area contributed by atoms with Crippen molar-refractivity contribution in [1.82, 2.24) is 0 Å². The molecule has 1 aromatic carbocycles. The first-order valence-electron chi connectivity index (χ1n) is 3.71. The predicted octanol–water partition coefficient (Wildman–Crippen LogP) is 1.46. The molecule has 0 spiro atoms. The van der Waals surface area contributed by atoms with Crippen molar-refractivity contribution in [2.24, 2.45) is 5.73 Å². The first-order valence-corrected chi connectivity index (χ1v) is 3.71. The summed E-state index contributed by atoms with van der Waals surface area (Å²) in [5.41, 5.74) is 5.59. The molecule has 2 N–H and O–H groups in total. The predicted molar refractivity (Wildman–Crippen MR) is 48.7 cm³/mol. The maximum absolute atomic E-state index is 10.4. The van der Waals surface area contributed by atoms with E-state index < -0.39 is 12.2 Å². The number of terminal acetylenes is 1. The summed E-state index contributed by atoms with van der Waals surface area (Å²) in [4.78, 5) is 10.4. The Bertz CT molecular complexity index is 327. The van der Waals surface area contributed by atoms with Gasteiger partial charge in [-0.15, -0.1) is 6.42 Å². The molecule has 1 aromatic rings. The van der Waals surface area contributed by atoms with Gasteiger partial charge in [0.25, 0.3) is 0 Å². The van der Waals surface area contributed by atoms with E-state index in [1.807, 2.05) is 18.2 Å². The number of nitrogens with two attached hydrogens (primary N) is 1. The second kappa shape index (κ2) is 4.17. The molecule has 1 atom stereocenters. The number of amides is 1. The van der Waals surface area contributed by atoms with E-state index in [-0.39, 0.29) is 0 Å². The van der Waals surface area contributed by atoms with Crippen LogP contribution in [0.2, 0.25) is 0 Å². The van der Waals surface area contributed by atoms with Crippen molar-refractivity contribution in [3.05, 3.63) is 35.9 Å². The molecule has 0 unspecified atom stereocenters. The van der Waals surface area contributed by atoms with E-state index in [9.17, 15) is 4.79 Å². The van der Waals surface area contributed by atoms with Crippen molar-refractivity contribution >= 4 is 6.09 Å². The molecule has 66 valence electrons. The molecule has 0 aromatic heterocycles. The summed E-state index contributed by atoms with van der Waals surface area (Å²) < 4.78 is 4.69. The minimum absolute atomic E-state index is 0.696. The number of benzene rings is 1. The largest absolute Gasteiger partial charge is 0.428 e. The molecule has 0 fully saturated rings. The molecule has 13 heavy (non-hydrogen) atoms. The topological polar surface area (TPSA) is 52.3 Å². The lowest BCUT2D eigenvalue weighted by Crippen LogP contribution is -2.16. The van der Waals surface area contributed by atoms with Crippen LogP contribution in [0.1, 0.15) is 11.7 Å². The Labute approximate surface area is 76.5 Å². The summed E-state index contributed by atoms with van der Waals surface area (Å²) in [7, 11) is 0. The highest BCUT2D eigenvalue weighted by atomic mass is 16.6. The van der Waals surface area contributed by atoms with E-state index in [0.717, 1.165) is 5.56 Å². The minimum Gasteiger partial charge on any atom is -0.428 e. The molecule has 1 rings (SSSR count). The molecule has 0 bridgehead atoms. The van der Waals surface area contributed by atoms with Crippen LogP contribution in [-0.4, -0.2) is 6.09 Å². The quantitative estimate of drug-likeness (QED) is 0.692. The van der Waals surface area contributed by atoms with Crippen LogP contribution in [0.3, 0.4) is 0 Å². The minimum atomic E-state index is -0.869. The van der Waals surface area contributed by atoms with Gasteiger partial charge in [-0.3, -0.25) is 0 Å². The third kappa shape index (κ3) is 2.53. The third-order valence-corrected chi connectivity index (χ3v) is 1.49.